The molecular weight excluding hydrogens is 725 g/mol. The van der Waals surface area contributed by atoms with E-state index in [0.717, 1.165) is 27.8 Å². The van der Waals surface area contributed by atoms with Gasteiger partial charge >= 0.3 is 183 Å². The molecule has 0 fully saturated rings. The van der Waals surface area contributed by atoms with E-state index >= 15 is 0 Å². The number of hydrogen-bond donors (Lipinski definition) is 3. The van der Waals surface area contributed by atoms with E-state index < -0.39 is 35.1 Å². The Morgan fingerprint density at radius 1 is 0.789 bits per heavy atom. The van der Waals surface area contributed by atoms with E-state index in [-0.39, 0.29) is 11.9 Å². The quantitative estimate of drug-likeness (QED) is 0.121. The number of aliphatic imine (C=N–C) groups is 1. The fourth-order valence-electron chi connectivity index (χ4n) is 5.90. The van der Waals surface area contributed by atoms with E-state index in [9.17, 15) is 24.4 Å². The average Bonchev–Trinajstić information content (AvgIpc) is 3.09. The van der Waals surface area contributed by atoms with Crippen LogP contribution in [0.4, 0.5) is 20.1 Å². The minimum atomic E-state index is -0.833. The van der Waals surface area contributed by atoms with Crippen LogP contribution in [-0.2, 0) is 27.2 Å². The van der Waals surface area contributed by atoms with Crippen molar-refractivity contribution < 1.29 is 33.4 Å². The van der Waals surface area contributed by atoms with Crippen LogP contribution in [0.5, 0.6) is 0 Å². The Hall–Kier alpha value is -5.65. The Kier molecular flexibility index (Phi) is 15.6. The molecule has 0 saturated carbocycles. The number of nitriles is 1. The Bertz CT molecular complexity index is 1950. The summed E-state index contributed by atoms with van der Waals surface area (Å²) in [4.78, 5) is 58.8. The van der Waals surface area contributed by atoms with E-state index in [4.69, 9.17) is 14.2 Å². The van der Waals surface area contributed by atoms with Gasteiger partial charge in [0.2, 0.25) is 5.96 Å². The monoisotopic (exact) mass is 783 g/mol. The van der Waals surface area contributed by atoms with Gasteiger partial charge in [-0.2, -0.15) is 0 Å². The van der Waals surface area contributed by atoms with Gasteiger partial charge in [0.1, 0.15) is 11.2 Å². The standard InChI is InChI=1S/C40H52BN7O7.C2H6/c1-25-21-27(26-15-18-47(19-16-26)33(41-24-42)44-35(50)53-38(2,3)4)12-14-31(25)32(49)43-30-13-11-29-23-48(20-17-28(29)22-30)34(45-36(51)54-39(5,6)7)46-37(52)55-40(8,9)10;1-2/h11-15,21-22H,16-20,23H2,1-10H3,(H,43,49)(H,44,50)(H,45,46,51,52);1-2H3. The molecule has 0 aromatic heterocycles. The fraction of sp³-hybridized carbons (Fsp3) is 0.500. The molecule has 2 heterocycles. The van der Waals surface area contributed by atoms with Crippen molar-refractivity contribution in [2.45, 2.75) is 119 Å². The van der Waals surface area contributed by atoms with Crippen molar-refractivity contribution in [3.8, 4) is 5.97 Å². The number of nitrogens with zero attached hydrogens (tertiary/aromatic N) is 4. The van der Waals surface area contributed by atoms with Crippen molar-refractivity contribution in [2.75, 3.05) is 25.0 Å². The van der Waals surface area contributed by atoms with E-state index in [0.29, 0.717) is 56.0 Å². The Balaban J connectivity index is 0.00000428. The zero-order chi connectivity index (χ0) is 42.7. The van der Waals surface area contributed by atoms with Gasteiger partial charge < -0.3 is 14.4 Å². The molecule has 0 saturated heterocycles. The van der Waals surface area contributed by atoms with Crippen LogP contribution in [-0.4, -0.2) is 89.0 Å². The molecule has 306 valence electrons. The fourth-order valence-corrected chi connectivity index (χ4v) is 5.90. The van der Waals surface area contributed by atoms with Crippen LogP contribution in [0.3, 0.4) is 0 Å². The van der Waals surface area contributed by atoms with Gasteiger partial charge in [0.05, 0.1) is 0 Å². The summed E-state index contributed by atoms with van der Waals surface area (Å²) >= 11 is 0. The first-order chi connectivity index (χ1) is 26.6. The van der Waals surface area contributed by atoms with E-state index in [1.807, 2.05) is 74.1 Å². The number of aryl methyl sites for hydroxylation is 1. The van der Waals surface area contributed by atoms with Crippen LogP contribution in [0.1, 0.15) is 115 Å². The molecular formula is C42H58BN7O7. The number of ether oxygens (including phenoxy) is 3. The van der Waals surface area contributed by atoms with Crippen LogP contribution in [0, 0.1) is 18.2 Å². The number of hydrogen-bond acceptors (Lipinski definition) is 9. The number of anilines is 1. The van der Waals surface area contributed by atoms with Crippen molar-refractivity contribution in [3.63, 3.8) is 0 Å². The number of guanidine groups is 1. The third kappa shape index (κ3) is 14.7. The number of carbonyl (C=O) groups is 4. The average molecular weight is 784 g/mol. The van der Waals surface area contributed by atoms with Crippen molar-refractivity contribution in [1.82, 2.24) is 20.4 Å². The molecule has 2 aliphatic rings. The van der Waals surface area contributed by atoms with Crippen molar-refractivity contribution in [1.29, 1.82) is 5.26 Å². The predicted octanol–water partition coefficient (Wildman–Crippen LogP) is 7.33. The van der Waals surface area contributed by atoms with E-state index in [2.05, 4.69) is 20.9 Å². The van der Waals surface area contributed by atoms with Crippen LogP contribution in [0.15, 0.2) is 47.5 Å². The van der Waals surface area contributed by atoms with Gasteiger partial charge in [0.15, 0.2) is 0 Å². The number of alkyl carbamates (subject to hydrolysis) is 2. The molecule has 0 unspecified atom stereocenters. The molecule has 2 aromatic carbocycles. The van der Waals surface area contributed by atoms with Gasteiger partial charge in [0, 0.05) is 13.1 Å². The van der Waals surface area contributed by atoms with Crippen LogP contribution in [0.25, 0.3) is 5.57 Å². The molecule has 0 bridgehead atoms. The number of benzene rings is 2. The predicted molar refractivity (Wildman–Crippen MR) is 224 cm³/mol. The number of amides is 4. The van der Waals surface area contributed by atoms with Crippen LogP contribution < -0.4 is 16.0 Å². The maximum absolute atomic E-state index is 13.5. The normalized spacial score (nSPS) is 14.6. The van der Waals surface area contributed by atoms with Gasteiger partial charge in [-0.15, -0.1) is 4.99 Å². The SMILES string of the molecule is CC.Cc1cc(C2=CCN(C(=BC#N)NC(=O)OC(C)(C)C)CC2)ccc1C(=O)Nc1ccc2c(c1)CCN(/C(=N/C(=O)OC(C)(C)C)NC(=O)OC(C)(C)C)C2. The van der Waals surface area contributed by atoms with E-state index in [1.165, 1.54) is 6.92 Å². The molecule has 57 heavy (non-hydrogen) atoms. The third-order valence-electron chi connectivity index (χ3n) is 8.20. The summed E-state index contributed by atoms with van der Waals surface area (Å²) < 4.78 is 16.1. The molecule has 0 radical (unpaired) electrons. The molecule has 4 rings (SSSR count). The zero-order valence-corrected chi connectivity index (χ0v) is 35.5. The Labute approximate surface area is 337 Å². The summed E-state index contributed by atoms with van der Waals surface area (Å²) in [7, 11) is 0. The summed E-state index contributed by atoms with van der Waals surface area (Å²) in [5, 5.41) is 17.6. The second-order valence-electron chi connectivity index (χ2n) is 16.4. The summed E-state index contributed by atoms with van der Waals surface area (Å²) in [6, 6.07) is 11.4. The molecule has 3 N–H and O–H groups in total. The maximum atomic E-state index is 13.5. The molecule has 4 amide bonds. The number of carbonyl (C=O) groups excluding carboxylic acids is 4. The van der Waals surface area contributed by atoms with Crippen LogP contribution in [0.2, 0.25) is 0 Å². The van der Waals surface area contributed by atoms with Gasteiger partial charge in [-0.1, -0.05) is 19.9 Å². The van der Waals surface area contributed by atoms with Crippen molar-refractivity contribution in [3.05, 3.63) is 70.3 Å². The summed E-state index contributed by atoms with van der Waals surface area (Å²) in [6.45, 7) is 24.8. The minimum absolute atomic E-state index is 0.0301. The first kappa shape index (κ1) is 45.7. The van der Waals surface area contributed by atoms with Crippen LogP contribution >= 0.6 is 0 Å². The topological polar surface area (TPSA) is 175 Å². The molecule has 14 nitrogen and oxygen atoms in total. The minimum Gasteiger partial charge on any atom is -0.444 e. The van der Waals surface area contributed by atoms with Crippen molar-refractivity contribution >= 4 is 54.0 Å². The molecule has 0 atom stereocenters. The zero-order valence-electron chi connectivity index (χ0n) is 35.5. The second-order valence-corrected chi connectivity index (χ2v) is 16.4. The number of rotatable bonds is 5. The molecule has 15 heteroatoms. The number of nitrogens with one attached hydrogen (secondary N) is 3. The van der Waals surface area contributed by atoms with Gasteiger partial charge in [-0.05, 0) is 71.2 Å². The van der Waals surface area contributed by atoms with E-state index in [1.54, 1.807) is 67.2 Å². The smallest absolute Gasteiger partial charge is 0.444 e. The summed E-state index contributed by atoms with van der Waals surface area (Å²) in [6.07, 6.45) is 1.08. The Morgan fingerprint density at radius 3 is 1.96 bits per heavy atom. The number of fused-ring (bicyclic) bond motifs is 1. The first-order valence-corrected chi connectivity index (χ1v) is 19.2. The van der Waals surface area contributed by atoms with Gasteiger partial charge in [0.25, 0.3) is 0 Å². The molecule has 0 aliphatic carbocycles. The second kappa shape index (κ2) is 19.5. The van der Waals surface area contributed by atoms with Gasteiger partial charge in [-0.3, -0.25) is 5.32 Å². The molecule has 2 aromatic rings. The third-order valence-corrected chi connectivity index (χ3v) is 8.20. The summed E-state index contributed by atoms with van der Waals surface area (Å²) in [5.74, 6) is 1.78. The van der Waals surface area contributed by atoms with Crippen molar-refractivity contribution in [2.24, 2.45) is 4.99 Å². The first-order valence-electron chi connectivity index (χ1n) is 19.2. The molecule has 2 aliphatic heterocycles. The summed E-state index contributed by atoms with van der Waals surface area (Å²) in [5.41, 5.74) is 4.26. The van der Waals surface area contributed by atoms with Gasteiger partial charge in [-0.25, -0.2) is 9.59 Å². The molecule has 0 spiro atoms. The Morgan fingerprint density at radius 2 is 1.40 bits per heavy atom.